The molecule has 0 aromatic heterocycles. The summed E-state index contributed by atoms with van der Waals surface area (Å²) in [5, 5.41) is 0. The van der Waals surface area contributed by atoms with Crippen molar-refractivity contribution in [3.8, 4) is 0 Å². The van der Waals surface area contributed by atoms with Gasteiger partial charge in [-0.1, -0.05) is 121 Å². The van der Waals surface area contributed by atoms with E-state index in [1.54, 1.807) is 0 Å². The van der Waals surface area contributed by atoms with Crippen molar-refractivity contribution in [2.45, 2.75) is 116 Å². The lowest BCUT2D eigenvalue weighted by Gasteiger charge is -2.28. The van der Waals surface area contributed by atoms with Gasteiger partial charge in [0.15, 0.2) is 5.71 Å². The predicted molar refractivity (Wildman–Crippen MR) is 220 cm³/mol. The number of thioether (sulfide) groups is 1. The smallest absolute Gasteiger partial charge is 0.209 e. The van der Waals surface area contributed by atoms with E-state index in [2.05, 4.69) is 169 Å². The van der Waals surface area contributed by atoms with E-state index in [4.69, 9.17) is 0 Å². The van der Waals surface area contributed by atoms with Crippen LogP contribution in [0.1, 0.15) is 117 Å². The van der Waals surface area contributed by atoms with Crippen molar-refractivity contribution in [2.24, 2.45) is 0 Å². The van der Waals surface area contributed by atoms with Crippen LogP contribution in [0.25, 0.3) is 5.57 Å². The molecule has 2 heterocycles. The largest absolute Gasteiger partial charge is 0.344 e. The van der Waals surface area contributed by atoms with Gasteiger partial charge in [0.25, 0.3) is 0 Å². The van der Waals surface area contributed by atoms with Crippen LogP contribution in [0, 0.1) is 0 Å². The average molecular weight is 684 g/mol. The summed E-state index contributed by atoms with van der Waals surface area (Å²) in [6.07, 6.45) is 15.5. The van der Waals surface area contributed by atoms with Crippen LogP contribution in [0.3, 0.4) is 0 Å². The molecule has 0 bridgehead atoms. The van der Waals surface area contributed by atoms with Crippen molar-refractivity contribution in [1.29, 1.82) is 0 Å². The van der Waals surface area contributed by atoms with Crippen molar-refractivity contribution in [3.63, 3.8) is 0 Å². The van der Waals surface area contributed by atoms with Crippen LogP contribution in [0.5, 0.6) is 0 Å². The van der Waals surface area contributed by atoms with Gasteiger partial charge >= 0.3 is 0 Å². The van der Waals surface area contributed by atoms with Crippen molar-refractivity contribution in [1.82, 2.24) is 0 Å². The lowest BCUT2D eigenvalue weighted by atomic mass is 9.79. The number of hydrogen-bond donors (Lipinski definition) is 0. The van der Waals surface area contributed by atoms with Crippen LogP contribution in [-0.4, -0.2) is 28.1 Å². The van der Waals surface area contributed by atoms with Crippen LogP contribution in [0.2, 0.25) is 0 Å². The molecule has 0 saturated carbocycles. The summed E-state index contributed by atoms with van der Waals surface area (Å²) in [5.74, 6) is 1.01. The van der Waals surface area contributed by atoms with Gasteiger partial charge in [-0.15, -0.1) is 0 Å². The maximum Gasteiger partial charge on any atom is 0.209 e. The van der Waals surface area contributed by atoms with E-state index >= 15 is 0 Å². The van der Waals surface area contributed by atoms with Gasteiger partial charge in [-0.05, 0) is 85.1 Å². The summed E-state index contributed by atoms with van der Waals surface area (Å²) >= 11 is 2.04. The van der Waals surface area contributed by atoms with E-state index in [0.29, 0.717) is 0 Å². The second kappa shape index (κ2) is 14.6. The Morgan fingerprint density at radius 1 is 0.780 bits per heavy atom. The molecule has 0 saturated heterocycles. The molecule has 0 spiro atoms. The Morgan fingerprint density at radius 2 is 1.48 bits per heavy atom. The SMILES string of the molecule is CCCN1C(=CC=C2CCCC(C=CC3=[N+](CCC)c4ccccc4C3(C)C)=C2c2ccccc2CSC(C)(C)C)C(C)(C)c2ccccc21. The van der Waals surface area contributed by atoms with Crippen molar-refractivity contribution in [2.75, 3.05) is 18.0 Å². The minimum atomic E-state index is -0.0478. The van der Waals surface area contributed by atoms with Gasteiger partial charge in [0.2, 0.25) is 5.69 Å². The highest BCUT2D eigenvalue weighted by Crippen LogP contribution is 2.48. The first-order chi connectivity index (χ1) is 23.9. The van der Waals surface area contributed by atoms with Crippen molar-refractivity contribution >= 4 is 34.4 Å². The van der Waals surface area contributed by atoms with Gasteiger partial charge in [-0.25, -0.2) is 0 Å². The average Bonchev–Trinajstić information content (AvgIpc) is 3.44. The fourth-order valence-electron chi connectivity index (χ4n) is 8.36. The van der Waals surface area contributed by atoms with Gasteiger partial charge < -0.3 is 4.90 Å². The minimum absolute atomic E-state index is 0.0478. The van der Waals surface area contributed by atoms with E-state index in [1.807, 2.05) is 11.8 Å². The second-order valence-electron chi connectivity index (χ2n) is 16.4. The standard InChI is InChI=1S/C47H59N2S/c1-10-31-48-40-25-16-14-23-38(40)46(6,7)42(48)29-27-34-20-18-21-35(44(34)37-22-13-12-19-36(37)33-50-45(3,4)5)28-30-43-47(8,9)39-24-15-17-26-41(39)49(43)32-11-2/h12-17,19,22-30H,10-11,18,20-21,31-33H2,1-9H3/q+1. The number of hydrogen-bond acceptors (Lipinski definition) is 2. The summed E-state index contributed by atoms with van der Waals surface area (Å²) in [6.45, 7) is 23.2. The molecule has 0 fully saturated rings. The molecule has 262 valence electrons. The molecular weight excluding hydrogens is 625 g/mol. The first-order valence-electron chi connectivity index (χ1n) is 19.0. The molecular formula is C47H59N2S+. The molecule has 2 aliphatic heterocycles. The van der Waals surface area contributed by atoms with Gasteiger partial charge in [0.1, 0.15) is 6.54 Å². The number of fused-ring (bicyclic) bond motifs is 2. The molecule has 0 atom stereocenters. The fraction of sp³-hybridized carbons (Fsp3) is 0.426. The summed E-state index contributed by atoms with van der Waals surface area (Å²) in [5.41, 5.74) is 15.5. The first-order valence-corrected chi connectivity index (χ1v) is 20.0. The monoisotopic (exact) mass is 683 g/mol. The Hall–Kier alpha value is -3.56. The van der Waals surface area contributed by atoms with E-state index in [-0.39, 0.29) is 15.6 Å². The second-order valence-corrected chi connectivity index (χ2v) is 18.2. The Morgan fingerprint density at radius 3 is 2.22 bits per heavy atom. The number of anilines is 1. The molecule has 0 unspecified atom stereocenters. The quantitative estimate of drug-likeness (QED) is 0.196. The van der Waals surface area contributed by atoms with E-state index in [0.717, 1.165) is 50.9 Å². The highest BCUT2D eigenvalue weighted by molar-refractivity contribution is 7.99. The highest BCUT2D eigenvalue weighted by Gasteiger charge is 2.44. The molecule has 2 nitrogen and oxygen atoms in total. The fourth-order valence-corrected chi connectivity index (χ4v) is 9.20. The topological polar surface area (TPSA) is 6.25 Å². The third-order valence-corrected chi connectivity index (χ3v) is 12.2. The van der Waals surface area contributed by atoms with Crippen LogP contribution >= 0.6 is 11.8 Å². The van der Waals surface area contributed by atoms with Crippen LogP contribution in [-0.2, 0) is 16.6 Å². The van der Waals surface area contributed by atoms with E-state index in [1.165, 1.54) is 61.8 Å². The number of allylic oxidation sites excluding steroid dienone is 8. The zero-order valence-electron chi connectivity index (χ0n) is 32.2. The molecule has 3 aromatic carbocycles. The Balaban J connectivity index is 1.51. The summed E-state index contributed by atoms with van der Waals surface area (Å²) < 4.78 is 2.78. The van der Waals surface area contributed by atoms with Crippen LogP contribution in [0.15, 0.2) is 114 Å². The van der Waals surface area contributed by atoms with Gasteiger partial charge in [-0.2, -0.15) is 16.3 Å². The number of nitrogens with zero attached hydrogens (tertiary/aromatic N) is 2. The third-order valence-electron chi connectivity index (χ3n) is 10.9. The maximum atomic E-state index is 2.58. The Labute approximate surface area is 307 Å². The summed E-state index contributed by atoms with van der Waals surface area (Å²) in [7, 11) is 0. The van der Waals surface area contributed by atoms with Crippen molar-refractivity contribution in [3.05, 3.63) is 136 Å². The van der Waals surface area contributed by atoms with Gasteiger partial charge in [0.05, 0.1) is 5.41 Å². The van der Waals surface area contributed by atoms with E-state index < -0.39 is 0 Å². The lowest BCUT2D eigenvalue weighted by Crippen LogP contribution is -2.28. The van der Waals surface area contributed by atoms with Crippen LogP contribution < -0.4 is 4.90 Å². The molecule has 3 aliphatic rings. The zero-order valence-corrected chi connectivity index (χ0v) is 33.0. The number of rotatable bonds is 10. The van der Waals surface area contributed by atoms with Crippen LogP contribution in [0.4, 0.5) is 11.4 Å². The molecule has 0 amide bonds. The Kier molecular flexibility index (Phi) is 10.6. The lowest BCUT2D eigenvalue weighted by molar-refractivity contribution is -0.437. The summed E-state index contributed by atoms with van der Waals surface area (Å²) in [6, 6.07) is 27.3. The summed E-state index contributed by atoms with van der Waals surface area (Å²) in [4.78, 5) is 2.58. The van der Waals surface area contributed by atoms with E-state index in [9.17, 15) is 0 Å². The maximum absolute atomic E-state index is 2.58. The highest BCUT2D eigenvalue weighted by atomic mass is 32.2. The number of benzene rings is 3. The molecule has 0 radical (unpaired) electrons. The Bertz CT molecular complexity index is 1890. The first kappa shape index (κ1) is 36.2. The molecule has 3 heteroatoms. The minimum Gasteiger partial charge on any atom is -0.344 e. The van der Waals surface area contributed by atoms with Gasteiger partial charge in [0, 0.05) is 58.0 Å². The molecule has 0 N–H and O–H groups in total. The third kappa shape index (κ3) is 7.00. The number of para-hydroxylation sites is 2. The van der Waals surface area contributed by atoms with Crippen molar-refractivity contribution < 1.29 is 4.58 Å². The van der Waals surface area contributed by atoms with Gasteiger partial charge in [-0.3, -0.25) is 0 Å². The molecule has 6 rings (SSSR count). The zero-order chi connectivity index (χ0) is 35.7. The molecule has 3 aromatic rings. The predicted octanol–water partition coefficient (Wildman–Crippen LogP) is 12.7. The molecule has 1 aliphatic carbocycles. The normalized spacial score (nSPS) is 20.1. The molecule has 50 heavy (non-hydrogen) atoms.